The van der Waals surface area contributed by atoms with E-state index in [1.54, 1.807) is 13.0 Å². The number of hydrogen-bond acceptors (Lipinski definition) is 2. The van der Waals surface area contributed by atoms with E-state index in [1.165, 1.54) is 22.8 Å². The number of halogens is 3. The van der Waals surface area contributed by atoms with Crippen LogP contribution in [0.5, 0.6) is 0 Å². The fraction of sp³-hybridized carbons (Fsp3) is 0.182. The summed E-state index contributed by atoms with van der Waals surface area (Å²) in [5.74, 6) is -0.561. The van der Waals surface area contributed by atoms with Crippen LogP contribution < -0.4 is 11.3 Å². The van der Waals surface area contributed by atoms with Crippen molar-refractivity contribution in [2.75, 3.05) is 0 Å². The van der Waals surface area contributed by atoms with Gasteiger partial charge in [-0.15, -0.1) is 12.4 Å². The van der Waals surface area contributed by atoms with E-state index in [4.69, 9.17) is 17.3 Å². The molecule has 0 aliphatic carbocycles. The third kappa shape index (κ3) is 2.44. The minimum atomic E-state index is -0.561. The van der Waals surface area contributed by atoms with Crippen molar-refractivity contribution in [3.8, 4) is 0 Å². The van der Waals surface area contributed by atoms with E-state index >= 15 is 0 Å². The van der Waals surface area contributed by atoms with Crippen molar-refractivity contribution in [1.82, 2.24) is 4.57 Å². The number of nitrogens with zero attached hydrogens (tertiary/aromatic N) is 1. The lowest BCUT2D eigenvalue weighted by Crippen LogP contribution is -2.27. The molecule has 0 bridgehead atoms. The number of pyridine rings is 1. The number of benzene rings is 1. The summed E-state index contributed by atoms with van der Waals surface area (Å²) >= 11 is 5.67. The number of nitrogens with two attached hydrogens (primary N) is 1. The summed E-state index contributed by atoms with van der Waals surface area (Å²) in [6.45, 7) is 1.66. The second kappa shape index (κ2) is 5.04. The average Bonchev–Trinajstić information content (AvgIpc) is 2.20. The highest BCUT2D eigenvalue weighted by molar-refractivity contribution is 6.31. The van der Waals surface area contributed by atoms with E-state index in [2.05, 4.69) is 0 Å². The highest BCUT2D eigenvalue weighted by atomic mass is 35.5. The molecular weight excluding hydrogens is 266 g/mol. The van der Waals surface area contributed by atoms with E-state index in [9.17, 15) is 9.18 Å². The summed E-state index contributed by atoms with van der Waals surface area (Å²) < 4.78 is 14.7. The summed E-state index contributed by atoms with van der Waals surface area (Å²) in [6, 6.07) is 5.69. The summed E-state index contributed by atoms with van der Waals surface area (Å²) in [7, 11) is 0. The molecule has 0 aliphatic heterocycles. The standard InChI is InChI=1S/C11H10ClFN2O.ClH/c1-6(14)15-10-5-9(13)8(12)4-7(10)2-3-11(15)16;/h2-6H,14H2,1H3;1H. The van der Waals surface area contributed by atoms with Gasteiger partial charge in [0.25, 0.3) is 5.56 Å². The smallest absolute Gasteiger partial charge is 0.252 e. The van der Waals surface area contributed by atoms with Crippen LogP contribution in [0.15, 0.2) is 29.1 Å². The Hall–Kier alpha value is -1.10. The van der Waals surface area contributed by atoms with E-state index < -0.39 is 12.0 Å². The minimum Gasteiger partial charge on any atom is -0.311 e. The molecule has 0 radical (unpaired) electrons. The van der Waals surface area contributed by atoms with Crippen LogP contribution in [0.4, 0.5) is 4.39 Å². The SMILES string of the molecule is CC(N)n1c(=O)ccc2cc(Cl)c(F)cc21.Cl. The summed E-state index contributed by atoms with van der Waals surface area (Å²) in [6.07, 6.45) is -0.517. The van der Waals surface area contributed by atoms with Gasteiger partial charge in [0.15, 0.2) is 0 Å². The molecule has 1 aromatic carbocycles. The van der Waals surface area contributed by atoms with Crippen LogP contribution >= 0.6 is 24.0 Å². The maximum atomic E-state index is 13.3. The lowest BCUT2D eigenvalue weighted by Gasteiger charge is -2.13. The highest BCUT2D eigenvalue weighted by Gasteiger charge is 2.09. The van der Waals surface area contributed by atoms with E-state index in [1.807, 2.05) is 0 Å². The van der Waals surface area contributed by atoms with Crippen molar-refractivity contribution in [3.05, 3.63) is 45.5 Å². The molecule has 2 rings (SSSR count). The first-order valence-electron chi connectivity index (χ1n) is 4.76. The topological polar surface area (TPSA) is 48.0 Å². The lowest BCUT2D eigenvalue weighted by molar-refractivity contribution is 0.569. The van der Waals surface area contributed by atoms with Crippen LogP contribution in [0, 0.1) is 5.82 Å². The predicted octanol–water partition coefficient (Wildman–Crippen LogP) is 2.69. The molecule has 0 saturated heterocycles. The molecule has 2 aromatic rings. The van der Waals surface area contributed by atoms with Gasteiger partial charge in [-0.25, -0.2) is 4.39 Å². The first-order chi connectivity index (χ1) is 7.50. The van der Waals surface area contributed by atoms with Gasteiger partial charge in [0.2, 0.25) is 0 Å². The molecule has 1 heterocycles. The molecule has 0 spiro atoms. The molecule has 0 amide bonds. The third-order valence-corrected chi connectivity index (χ3v) is 2.67. The highest BCUT2D eigenvalue weighted by Crippen LogP contribution is 2.22. The van der Waals surface area contributed by atoms with Crippen molar-refractivity contribution >= 4 is 34.9 Å². The maximum absolute atomic E-state index is 13.3. The molecule has 6 heteroatoms. The zero-order valence-corrected chi connectivity index (χ0v) is 10.6. The minimum absolute atomic E-state index is 0. The molecular formula is C11H11Cl2FN2O. The second-order valence-corrected chi connectivity index (χ2v) is 4.01. The molecule has 17 heavy (non-hydrogen) atoms. The Labute approximate surface area is 108 Å². The van der Waals surface area contributed by atoms with Crippen LogP contribution in [0.1, 0.15) is 13.1 Å². The number of fused-ring (bicyclic) bond motifs is 1. The van der Waals surface area contributed by atoms with Gasteiger partial charge in [0.05, 0.1) is 16.7 Å². The van der Waals surface area contributed by atoms with E-state index in [0.717, 1.165) is 0 Å². The Balaban J connectivity index is 0.00000144. The molecule has 1 atom stereocenters. The molecule has 2 N–H and O–H groups in total. The summed E-state index contributed by atoms with van der Waals surface area (Å²) in [5.41, 5.74) is 5.86. The molecule has 3 nitrogen and oxygen atoms in total. The van der Waals surface area contributed by atoms with Crippen molar-refractivity contribution in [2.24, 2.45) is 5.73 Å². The predicted molar refractivity (Wildman–Crippen MR) is 69.3 cm³/mol. The van der Waals surface area contributed by atoms with Crippen molar-refractivity contribution in [1.29, 1.82) is 0 Å². The van der Waals surface area contributed by atoms with Crippen LogP contribution in [0.2, 0.25) is 5.02 Å². The Morgan fingerprint density at radius 3 is 2.65 bits per heavy atom. The Morgan fingerprint density at radius 2 is 2.06 bits per heavy atom. The van der Waals surface area contributed by atoms with Crippen molar-refractivity contribution < 1.29 is 4.39 Å². The number of aromatic nitrogens is 1. The molecule has 0 aliphatic rings. The number of hydrogen-bond donors (Lipinski definition) is 1. The fourth-order valence-electron chi connectivity index (χ4n) is 1.67. The van der Waals surface area contributed by atoms with Crippen molar-refractivity contribution in [2.45, 2.75) is 13.1 Å². The fourth-order valence-corrected chi connectivity index (χ4v) is 1.85. The van der Waals surface area contributed by atoms with Gasteiger partial charge in [0.1, 0.15) is 5.82 Å². The average molecular weight is 277 g/mol. The van der Waals surface area contributed by atoms with Crippen LogP contribution in [0.25, 0.3) is 10.9 Å². The van der Waals surface area contributed by atoms with Gasteiger partial charge in [0, 0.05) is 11.5 Å². The van der Waals surface area contributed by atoms with Gasteiger partial charge >= 0.3 is 0 Å². The van der Waals surface area contributed by atoms with Gasteiger partial charge in [-0.05, 0) is 25.1 Å². The Kier molecular flexibility index (Phi) is 4.14. The normalized spacial score (nSPS) is 12.2. The van der Waals surface area contributed by atoms with Crippen molar-refractivity contribution in [3.63, 3.8) is 0 Å². The molecule has 92 valence electrons. The second-order valence-electron chi connectivity index (χ2n) is 3.61. The zero-order valence-electron chi connectivity index (χ0n) is 8.98. The lowest BCUT2D eigenvalue weighted by atomic mass is 10.2. The quantitative estimate of drug-likeness (QED) is 0.871. The van der Waals surface area contributed by atoms with Gasteiger partial charge in [-0.1, -0.05) is 11.6 Å². The van der Waals surface area contributed by atoms with Crippen LogP contribution in [0.3, 0.4) is 0 Å². The molecule has 1 aromatic heterocycles. The van der Waals surface area contributed by atoms with Gasteiger partial charge in [-0.3, -0.25) is 9.36 Å². The first-order valence-corrected chi connectivity index (χ1v) is 5.14. The Bertz CT molecular complexity index is 610. The Morgan fingerprint density at radius 1 is 1.41 bits per heavy atom. The monoisotopic (exact) mass is 276 g/mol. The van der Waals surface area contributed by atoms with E-state index in [-0.39, 0.29) is 23.0 Å². The maximum Gasteiger partial charge on any atom is 0.252 e. The van der Waals surface area contributed by atoms with E-state index in [0.29, 0.717) is 10.9 Å². The summed E-state index contributed by atoms with van der Waals surface area (Å²) in [5, 5.41) is 0.714. The zero-order chi connectivity index (χ0) is 11.9. The van der Waals surface area contributed by atoms with Crippen LogP contribution in [-0.2, 0) is 0 Å². The molecule has 1 unspecified atom stereocenters. The summed E-state index contributed by atoms with van der Waals surface area (Å²) in [4.78, 5) is 11.6. The molecule has 0 fully saturated rings. The van der Waals surface area contributed by atoms with Gasteiger partial charge in [-0.2, -0.15) is 0 Å². The largest absolute Gasteiger partial charge is 0.311 e. The first kappa shape index (κ1) is 14.0. The number of rotatable bonds is 1. The van der Waals surface area contributed by atoms with Gasteiger partial charge < -0.3 is 5.73 Å². The van der Waals surface area contributed by atoms with Crippen LogP contribution in [-0.4, -0.2) is 4.57 Å². The molecule has 0 saturated carbocycles. The third-order valence-electron chi connectivity index (χ3n) is 2.38.